The van der Waals surface area contributed by atoms with Gasteiger partial charge in [-0.3, -0.25) is 4.79 Å². The van der Waals surface area contributed by atoms with Crippen molar-refractivity contribution >= 4 is 32.6 Å². The molecule has 1 amide bonds. The molecule has 0 aliphatic rings. The fraction of sp³-hybridized carbons (Fsp3) is 0.467. The molecule has 0 aliphatic heterocycles. The number of nitrogens with two attached hydrogens (primary N) is 1. The minimum atomic E-state index is -0.504. The Morgan fingerprint density at radius 1 is 1.48 bits per heavy atom. The first kappa shape index (κ1) is 15.7. The zero-order valence-electron chi connectivity index (χ0n) is 12.6. The van der Waals surface area contributed by atoms with Crippen molar-refractivity contribution in [3.8, 4) is 5.75 Å². The minimum Gasteiger partial charge on any atom is -0.494 e. The fourth-order valence-electron chi connectivity index (χ4n) is 2.03. The first-order chi connectivity index (χ1) is 9.99. The number of hydrogen-bond acceptors (Lipinski definition) is 5. The summed E-state index contributed by atoms with van der Waals surface area (Å²) in [7, 11) is 0. The van der Waals surface area contributed by atoms with Crippen LogP contribution in [0.5, 0.6) is 5.75 Å². The molecule has 0 saturated heterocycles. The van der Waals surface area contributed by atoms with Crippen LogP contribution in [0, 0.1) is 5.92 Å². The number of rotatable bonds is 6. The van der Waals surface area contributed by atoms with Gasteiger partial charge in [-0.05, 0) is 37.5 Å². The van der Waals surface area contributed by atoms with Crippen molar-refractivity contribution in [3.63, 3.8) is 0 Å². The van der Waals surface area contributed by atoms with Gasteiger partial charge in [-0.15, -0.1) is 0 Å². The van der Waals surface area contributed by atoms with Gasteiger partial charge in [-0.1, -0.05) is 25.2 Å². The number of benzene rings is 1. The second-order valence-corrected chi connectivity index (χ2v) is 6.34. The van der Waals surface area contributed by atoms with E-state index in [4.69, 9.17) is 10.5 Å². The number of fused-ring (bicyclic) bond motifs is 1. The predicted octanol–water partition coefficient (Wildman–Crippen LogP) is 3.01. The maximum absolute atomic E-state index is 12.0. The van der Waals surface area contributed by atoms with E-state index in [9.17, 15) is 4.79 Å². The topological polar surface area (TPSA) is 77.2 Å². The molecule has 0 radical (unpaired) electrons. The average Bonchev–Trinajstić information content (AvgIpc) is 2.79. The second-order valence-electron chi connectivity index (χ2n) is 5.31. The lowest BCUT2D eigenvalue weighted by Crippen LogP contribution is -2.36. The first-order valence-electron chi connectivity index (χ1n) is 7.09. The van der Waals surface area contributed by atoms with Crippen LogP contribution in [-0.4, -0.2) is 23.5 Å². The van der Waals surface area contributed by atoms with Crippen LogP contribution in [0.25, 0.3) is 10.2 Å². The summed E-state index contributed by atoms with van der Waals surface area (Å²) in [5.74, 6) is 1.01. The van der Waals surface area contributed by atoms with E-state index in [1.807, 2.05) is 39.0 Å². The highest BCUT2D eigenvalue weighted by atomic mass is 32.1. The van der Waals surface area contributed by atoms with E-state index in [-0.39, 0.29) is 5.91 Å². The van der Waals surface area contributed by atoms with Crippen molar-refractivity contribution in [1.29, 1.82) is 0 Å². The number of hydrogen-bond donors (Lipinski definition) is 2. The van der Waals surface area contributed by atoms with E-state index in [1.54, 1.807) is 0 Å². The van der Waals surface area contributed by atoms with Crippen molar-refractivity contribution in [2.75, 3.05) is 11.9 Å². The van der Waals surface area contributed by atoms with Gasteiger partial charge in [0.1, 0.15) is 5.75 Å². The van der Waals surface area contributed by atoms with Crippen molar-refractivity contribution in [2.45, 2.75) is 33.2 Å². The van der Waals surface area contributed by atoms with Gasteiger partial charge in [0, 0.05) is 0 Å². The zero-order chi connectivity index (χ0) is 15.4. The summed E-state index contributed by atoms with van der Waals surface area (Å²) in [6.07, 6.45) is 0.658. The Hall–Kier alpha value is -1.66. The number of anilines is 1. The molecule has 0 unspecified atom stereocenters. The van der Waals surface area contributed by atoms with Gasteiger partial charge in [0.15, 0.2) is 5.13 Å². The number of thiazole rings is 1. The van der Waals surface area contributed by atoms with Crippen LogP contribution in [0.3, 0.4) is 0 Å². The lowest BCUT2D eigenvalue weighted by Gasteiger charge is -2.12. The molecule has 21 heavy (non-hydrogen) atoms. The highest BCUT2D eigenvalue weighted by Crippen LogP contribution is 2.29. The normalized spacial score (nSPS) is 12.6. The van der Waals surface area contributed by atoms with Crippen molar-refractivity contribution in [1.82, 2.24) is 4.98 Å². The molecular formula is C15H21N3O2S. The Labute approximate surface area is 128 Å². The lowest BCUT2D eigenvalue weighted by atomic mass is 10.0. The minimum absolute atomic E-state index is 0.187. The molecule has 3 N–H and O–H groups in total. The molecule has 6 heteroatoms. The molecule has 0 bridgehead atoms. The van der Waals surface area contributed by atoms with Gasteiger partial charge in [-0.2, -0.15) is 0 Å². The van der Waals surface area contributed by atoms with E-state index in [0.717, 1.165) is 16.0 Å². The third kappa shape index (κ3) is 4.15. The van der Waals surface area contributed by atoms with E-state index in [1.165, 1.54) is 11.3 Å². The maximum Gasteiger partial charge on any atom is 0.243 e. The summed E-state index contributed by atoms with van der Waals surface area (Å²) >= 11 is 1.42. The van der Waals surface area contributed by atoms with Crippen molar-refractivity contribution in [3.05, 3.63) is 18.2 Å². The predicted molar refractivity (Wildman–Crippen MR) is 86.8 cm³/mol. The Morgan fingerprint density at radius 2 is 2.24 bits per heavy atom. The van der Waals surface area contributed by atoms with E-state index in [2.05, 4.69) is 10.3 Å². The summed E-state index contributed by atoms with van der Waals surface area (Å²) in [6, 6.07) is 5.19. The molecule has 1 aromatic heterocycles. The molecule has 2 rings (SSSR count). The smallest absolute Gasteiger partial charge is 0.243 e. The van der Waals surface area contributed by atoms with Crippen molar-refractivity contribution in [2.24, 2.45) is 11.7 Å². The van der Waals surface area contributed by atoms with Crippen LogP contribution >= 0.6 is 11.3 Å². The van der Waals surface area contributed by atoms with Gasteiger partial charge in [0.25, 0.3) is 0 Å². The number of carbonyl (C=O) groups excluding carboxylic acids is 1. The van der Waals surface area contributed by atoms with E-state index in [0.29, 0.717) is 24.1 Å². The second kappa shape index (κ2) is 6.87. The fourth-order valence-corrected chi connectivity index (χ4v) is 2.93. The third-order valence-corrected chi connectivity index (χ3v) is 3.90. The molecule has 114 valence electrons. The molecule has 0 fully saturated rings. The Bertz CT molecular complexity index is 624. The van der Waals surface area contributed by atoms with Gasteiger partial charge in [0.2, 0.25) is 5.91 Å². The van der Waals surface area contributed by atoms with Crippen LogP contribution in [0.1, 0.15) is 27.2 Å². The third-order valence-electron chi connectivity index (χ3n) is 2.96. The maximum atomic E-state index is 12.0. The SMILES string of the molecule is CCOc1ccc2nc(NC(=O)[C@@H](N)CC(C)C)sc2c1. The zero-order valence-corrected chi connectivity index (χ0v) is 13.4. The highest BCUT2D eigenvalue weighted by molar-refractivity contribution is 7.22. The Kier molecular flexibility index (Phi) is 5.14. The quantitative estimate of drug-likeness (QED) is 0.860. The van der Waals surface area contributed by atoms with Crippen LogP contribution in [0.2, 0.25) is 0 Å². The van der Waals surface area contributed by atoms with E-state index >= 15 is 0 Å². The molecule has 1 heterocycles. The monoisotopic (exact) mass is 307 g/mol. The first-order valence-corrected chi connectivity index (χ1v) is 7.91. The molecule has 0 aliphatic carbocycles. The molecule has 5 nitrogen and oxygen atoms in total. The molecule has 2 aromatic rings. The summed E-state index contributed by atoms with van der Waals surface area (Å²) in [5.41, 5.74) is 6.71. The summed E-state index contributed by atoms with van der Waals surface area (Å²) in [6.45, 7) is 6.65. The summed E-state index contributed by atoms with van der Waals surface area (Å²) in [5, 5.41) is 3.36. The molecule has 0 spiro atoms. The number of carbonyl (C=O) groups is 1. The molecular weight excluding hydrogens is 286 g/mol. The lowest BCUT2D eigenvalue weighted by molar-refractivity contribution is -0.117. The summed E-state index contributed by atoms with van der Waals surface area (Å²) in [4.78, 5) is 16.4. The van der Waals surface area contributed by atoms with Crippen LogP contribution < -0.4 is 15.8 Å². The number of nitrogens with zero attached hydrogens (tertiary/aromatic N) is 1. The van der Waals surface area contributed by atoms with Crippen LogP contribution in [0.15, 0.2) is 18.2 Å². The van der Waals surface area contributed by atoms with Crippen LogP contribution in [0.4, 0.5) is 5.13 Å². The molecule has 1 aromatic carbocycles. The standard InChI is InChI=1S/C15H21N3O2S/c1-4-20-10-5-6-12-13(8-10)21-15(17-12)18-14(19)11(16)7-9(2)3/h5-6,8-9,11H,4,7,16H2,1-3H3,(H,17,18,19)/t11-/m0/s1. The number of amides is 1. The van der Waals surface area contributed by atoms with Crippen LogP contribution in [-0.2, 0) is 4.79 Å². The van der Waals surface area contributed by atoms with Gasteiger partial charge in [0.05, 0.1) is 22.9 Å². The molecule has 0 saturated carbocycles. The average molecular weight is 307 g/mol. The van der Waals surface area contributed by atoms with Crippen molar-refractivity contribution < 1.29 is 9.53 Å². The summed E-state index contributed by atoms with van der Waals surface area (Å²) < 4.78 is 6.44. The number of ether oxygens (including phenoxy) is 1. The Morgan fingerprint density at radius 3 is 2.90 bits per heavy atom. The number of nitrogens with one attached hydrogen (secondary N) is 1. The largest absolute Gasteiger partial charge is 0.494 e. The van der Waals surface area contributed by atoms with Gasteiger partial charge in [-0.25, -0.2) is 4.98 Å². The Balaban J connectivity index is 2.10. The van der Waals surface area contributed by atoms with Gasteiger partial charge < -0.3 is 15.8 Å². The number of aromatic nitrogens is 1. The highest BCUT2D eigenvalue weighted by Gasteiger charge is 2.16. The van der Waals surface area contributed by atoms with Gasteiger partial charge >= 0.3 is 0 Å². The van der Waals surface area contributed by atoms with E-state index < -0.39 is 6.04 Å². The molecule has 1 atom stereocenters.